The summed E-state index contributed by atoms with van der Waals surface area (Å²) in [6.07, 6.45) is 3.61. The second-order valence-corrected chi connectivity index (χ2v) is 6.32. The van der Waals surface area contributed by atoms with Crippen molar-refractivity contribution in [3.63, 3.8) is 0 Å². The van der Waals surface area contributed by atoms with Crippen LogP contribution >= 0.6 is 0 Å². The summed E-state index contributed by atoms with van der Waals surface area (Å²) < 4.78 is 0. The normalized spacial score (nSPS) is 19.9. The summed E-state index contributed by atoms with van der Waals surface area (Å²) in [6, 6.07) is 15.7. The van der Waals surface area contributed by atoms with Gasteiger partial charge in [0.2, 0.25) is 0 Å². The van der Waals surface area contributed by atoms with Gasteiger partial charge in [-0.25, -0.2) is 4.98 Å². The van der Waals surface area contributed by atoms with Crippen LogP contribution in [0.15, 0.2) is 54.7 Å². The van der Waals surface area contributed by atoms with Gasteiger partial charge in [0.1, 0.15) is 11.9 Å². The molecule has 1 saturated carbocycles. The average molecular weight is 316 g/mol. The minimum absolute atomic E-state index is 0.0757. The first kappa shape index (κ1) is 13.5. The lowest BCUT2D eigenvalue weighted by atomic mass is 10.1. The monoisotopic (exact) mass is 316 g/mol. The molecule has 0 saturated heterocycles. The highest BCUT2D eigenvalue weighted by molar-refractivity contribution is 6.02. The fraction of sp³-hybridized carbons (Fsp3) is 0.211. The Kier molecular flexibility index (Phi) is 2.82. The summed E-state index contributed by atoms with van der Waals surface area (Å²) >= 11 is 0. The lowest BCUT2D eigenvalue weighted by molar-refractivity contribution is 0.0662. The number of para-hydroxylation sites is 3. The molecule has 1 amide bonds. The first-order chi connectivity index (χ1) is 11.8. The SMILES string of the molecule is O=C1c2ccccc2N[C@H](c2cnc3ccccc3n2)N1C1CC1. The van der Waals surface area contributed by atoms with Gasteiger partial charge in [0.05, 0.1) is 22.8 Å². The number of amides is 1. The number of hydrogen-bond acceptors (Lipinski definition) is 4. The number of hydrogen-bond donors (Lipinski definition) is 1. The molecule has 2 heterocycles. The van der Waals surface area contributed by atoms with Crippen LogP contribution in [-0.2, 0) is 0 Å². The molecule has 2 aliphatic rings. The highest BCUT2D eigenvalue weighted by atomic mass is 16.2. The number of fused-ring (bicyclic) bond motifs is 2. The van der Waals surface area contributed by atoms with Gasteiger partial charge in [-0.3, -0.25) is 9.78 Å². The molecule has 24 heavy (non-hydrogen) atoms. The predicted octanol–water partition coefficient (Wildman–Crippen LogP) is 3.36. The van der Waals surface area contributed by atoms with Crippen LogP contribution in [0.25, 0.3) is 11.0 Å². The molecule has 2 aromatic carbocycles. The van der Waals surface area contributed by atoms with E-state index in [1.54, 1.807) is 6.20 Å². The molecule has 1 fully saturated rings. The van der Waals surface area contributed by atoms with Crippen molar-refractivity contribution in [2.24, 2.45) is 0 Å². The lowest BCUT2D eigenvalue weighted by Crippen LogP contribution is -2.44. The fourth-order valence-electron chi connectivity index (χ4n) is 3.32. The summed E-state index contributed by atoms with van der Waals surface area (Å²) in [5.41, 5.74) is 4.08. The Morgan fingerprint density at radius 2 is 1.75 bits per heavy atom. The third-order valence-electron chi connectivity index (χ3n) is 4.65. The summed E-state index contributed by atoms with van der Waals surface area (Å²) in [4.78, 5) is 24.2. The molecule has 5 rings (SSSR count). The van der Waals surface area contributed by atoms with E-state index >= 15 is 0 Å². The molecular formula is C19H16N4O. The van der Waals surface area contributed by atoms with Gasteiger partial charge in [-0.15, -0.1) is 0 Å². The molecule has 0 radical (unpaired) electrons. The average Bonchev–Trinajstić information content (AvgIpc) is 3.46. The van der Waals surface area contributed by atoms with Crippen LogP contribution in [0.5, 0.6) is 0 Å². The van der Waals surface area contributed by atoms with E-state index in [9.17, 15) is 4.79 Å². The molecule has 1 atom stereocenters. The standard InChI is InChI=1S/C19H16N4O/c24-19-13-5-1-2-6-14(13)22-18(23(19)12-9-10-12)17-11-20-15-7-3-4-8-16(15)21-17/h1-8,11-12,18,22H,9-10H2/t18-/m0/s1. The second kappa shape index (κ2) is 5.03. The van der Waals surface area contributed by atoms with Gasteiger partial charge >= 0.3 is 0 Å². The number of benzene rings is 2. The van der Waals surface area contributed by atoms with Crippen LogP contribution in [-0.4, -0.2) is 26.8 Å². The predicted molar refractivity (Wildman–Crippen MR) is 91.5 cm³/mol. The topological polar surface area (TPSA) is 58.1 Å². The van der Waals surface area contributed by atoms with Crippen LogP contribution in [0.4, 0.5) is 5.69 Å². The van der Waals surface area contributed by atoms with Crippen molar-refractivity contribution in [1.82, 2.24) is 14.9 Å². The largest absolute Gasteiger partial charge is 0.359 e. The molecule has 1 aromatic heterocycles. The molecule has 3 aromatic rings. The number of nitrogens with one attached hydrogen (secondary N) is 1. The molecule has 1 aliphatic carbocycles. The number of rotatable bonds is 2. The Balaban J connectivity index is 1.63. The van der Waals surface area contributed by atoms with Gasteiger partial charge in [0.15, 0.2) is 0 Å². The highest BCUT2D eigenvalue weighted by Gasteiger charge is 2.42. The van der Waals surface area contributed by atoms with E-state index in [2.05, 4.69) is 10.3 Å². The van der Waals surface area contributed by atoms with E-state index in [-0.39, 0.29) is 18.1 Å². The molecule has 5 nitrogen and oxygen atoms in total. The smallest absolute Gasteiger partial charge is 0.258 e. The summed E-state index contributed by atoms with van der Waals surface area (Å²) in [6.45, 7) is 0. The quantitative estimate of drug-likeness (QED) is 0.787. The first-order valence-corrected chi connectivity index (χ1v) is 8.21. The van der Waals surface area contributed by atoms with Gasteiger partial charge in [-0.05, 0) is 37.1 Å². The van der Waals surface area contributed by atoms with Gasteiger partial charge in [-0.1, -0.05) is 24.3 Å². The maximum Gasteiger partial charge on any atom is 0.258 e. The Hall–Kier alpha value is -2.95. The van der Waals surface area contributed by atoms with Gasteiger partial charge in [0.25, 0.3) is 5.91 Å². The first-order valence-electron chi connectivity index (χ1n) is 8.21. The third kappa shape index (κ3) is 2.05. The molecule has 118 valence electrons. The second-order valence-electron chi connectivity index (χ2n) is 6.32. The summed E-state index contributed by atoms with van der Waals surface area (Å²) in [7, 11) is 0. The molecule has 0 spiro atoms. The van der Waals surface area contributed by atoms with E-state index in [1.165, 1.54) is 0 Å². The minimum Gasteiger partial charge on any atom is -0.359 e. The van der Waals surface area contributed by atoms with Crippen molar-refractivity contribution in [1.29, 1.82) is 0 Å². The maximum absolute atomic E-state index is 13.0. The highest BCUT2D eigenvalue weighted by Crippen LogP contribution is 2.40. The van der Waals surface area contributed by atoms with Crippen LogP contribution in [0, 0.1) is 0 Å². The Labute approximate surface area is 139 Å². The number of carbonyl (C=O) groups excluding carboxylic acids is 1. The summed E-state index contributed by atoms with van der Waals surface area (Å²) in [5, 5.41) is 3.48. The Morgan fingerprint density at radius 1 is 1.00 bits per heavy atom. The van der Waals surface area contributed by atoms with Gasteiger partial charge < -0.3 is 10.2 Å². The molecular weight excluding hydrogens is 300 g/mol. The molecule has 0 unspecified atom stereocenters. The van der Waals surface area contributed by atoms with Crippen molar-refractivity contribution >= 4 is 22.6 Å². The van der Waals surface area contributed by atoms with E-state index in [0.717, 1.165) is 40.8 Å². The third-order valence-corrected chi connectivity index (χ3v) is 4.65. The van der Waals surface area contributed by atoms with Crippen LogP contribution in [0.3, 0.4) is 0 Å². The zero-order valence-electron chi connectivity index (χ0n) is 13.0. The fourth-order valence-corrected chi connectivity index (χ4v) is 3.32. The maximum atomic E-state index is 13.0. The van der Waals surface area contributed by atoms with Crippen molar-refractivity contribution in [2.75, 3.05) is 5.32 Å². The van der Waals surface area contributed by atoms with E-state index in [1.807, 2.05) is 53.4 Å². The van der Waals surface area contributed by atoms with Crippen molar-refractivity contribution in [3.05, 3.63) is 66.0 Å². The molecule has 1 aliphatic heterocycles. The summed E-state index contributed by atoms with van der Waals surface area (Å²) in [5.74, 6) is 0.0757. The van der Waals surface area contributed by atoms with Crippen LogP contribution in [0.2, 0.25) is 0 Å². The van der Waals surface area contributed by atoms with Gasteiger partial charge in [0, 0.05) is 11.7 Å². The molecule has 5 heteroatoms. The van der Waals surface area contributed by atoms with Crippen molar-refractivity contribution in [2.45, 2.75) is 25.0 Å². The van der Waals surface area contributed by atoms with E-state index in [0.29, 0.717) is 0 Å². The number of anilines is 1. The minimum atomic E-state index is -0.267. The Bertz CT molecular complexity index is 951. The van der Waals surface area contributed by atoms with E-state index < -0.39 is 0 Å². The van der Waals surface area contributed by atoms with Crippen molar-refractivity contribution < 1.29 is 4.79 Å². The van der Waals surface area contributed by atoms with Crippen molar-refractivity contribution in [3.8, 4) is 0 Å². The zero-order valence-corrected chi connectivity index (χ0v) is 13.0. The Morgan fingerprint density at radius 3 is 2.58 bits per heavy atom. The number of carbonyl (C=O) groups is 1. The molecule has 0 bridgehead atoms. The lowest BCUT2D eigenvalue weighted by Gasteiger charge is -2.37. The number of nitrogens with zero attached hydrogens (tertiary/aromatic N) is 3. The zero-order chi connectivity index (χ0) is 16.1. The van der Waals surface area contributed by atoms with Gasteiger partial charge in [-0.2, -0.15) is 0 Å². The molecule has 1 N–H and O–H groups in total. The van der Waals surface area contributed by atoms with Crippen LogP contribution < -0.4 is 5.32 Å². The van der Waals surface area contributed by atoms with E-state index in [4.69, 9.17) is 4.98 Å². The number of aromatic nitrogens is 2. The van der Waals surface area contributed by atoms with Crippen LogP contribution in [0.1, 0.15) is 35.1 Å².